The van der Waals surface area contributed by atoms with Crippen molar-refractivity contribution in [2.75, 3.05) is 0 Å². The van der Waals surface area contributed by atoms with Gasteiger partial charge in [-0.25, -0.2) is 4.98 Å². The quantitative estimate of drug-likeness (QED) is 0.942. The first kappa shape index (κ1) is 15.1. The van der Waals surface area contributed by atoms with E-state index in [0.717, 1.165) is 24.2 Å². The molecule has 0 bridgehead atoms. The van der Waals surface area contributed by atoms with Gasteiger partial charge in [0.15, 0.2) is 0 Å². The van der Waals surface area contributed by atoms with E-state index in [1.54, 1.807) is 12.1 Å². The molecule has 1 aliphatic rings. The summed E-state index contributed by atoms with van der Waals surface area (Å²) in [6, 6.07) is 7.36. The summed E-state index contributed by atoms with van der Waals surface area (Å²) in [5, 5.41) is 3.64. The Hall–Kier alpha value is -1.81. The first-order valence-corrected chi connectivity index (χ1v) is 8.06. The molecule has 0 fully saturated rings. The molecule has 1 amide bonds. The fourth-order valence-corrected chi connectivity index (χ4v) is 3.05. The van der Waals surface area contributed by atoms with Gasteiger partial charge in [0.25, 0.3) is 0 Å². The van der Waals surface area contributed by atoms with Crippen molar-refractivity contribution in [1.29, 1.82) is 0 Å². The number of nitrogens with zero attached hydrogens (tertiary/aromatic N) is 2. The van der Waals surface area contributed by atoms with Crippen LogP contribution in [0.15, 0.2) is 24.3 Å². The fraction of sp³-hybridized carbons (Fsp3) is 0.412. The van der Waals surface area contributed by atoms with Gasteiger partial charge >= 0.3 is 0 Å². The van der Waals surface area contributed by atoms with Gasteiger partial charge in [-0.3, -0.25) is 4.79 Å². The zero-order valence-corrected chi connectivity index (χ0v) is 13.5. The number of fused-ring (bicyclic) bond motifs is 1. The second-order valence-electron chi connectivity index (χ2n) is 5.77. The van der Waals surface area contributed by atoms with Crippen molar-refractivity contribution in [3.8, 4) is 0 Å². The van der Waals surface area contributed by atoms with E-state index < -0.39 is 0 Å². The zero-order valence-electron chi connectivity index (χ0n) is 12.7. The zero-order chi connectivity index (χ0) is 15.5. The highest BCUT2D eigenvalue weighted by molar-refractivity contribution is 6.30. The summed E-state index contributed by atoms with van der Waals surface area (Å²) in [5.41, 5.74) is 3.49. The normalized spacial score (nSPS) is 13.7. The van der Waals surface area contributed by atoms with Crippen LogP contribution in [0.2, 0.25) is 5.02 Å². The molecule has 0 radical (unpaired) electrons. The molecular formula is C17H20ClN3O. The van der Waals surface area contributed by atoms with E-state index >= 15 is 0 Å². The van der Waals surface area contributed by atoms with Gasteiger partial charge < -0.3 is 9.88 Å². The minimum Gasteiger partial charge on any atom is -0.349 e. The third kappa shape index (κ3) is 3.33. The lowest BCUT2D eigenvalue weighted by atomic mass is 10.0. The van der Waals surface area contributed by atoms with Crippen molar-refractivity contribution in [2.45, 2.75) is 38.6 Å². The summed E-state index contributed by atoms with van der Waals surface area (Å²) in [5.74, 6) is 0.944. The molecule has 116 valence electrons. The molecule has 22 heavy (non-hydrogen) atoms. The summed E-state index contributed by atoms with van der Waals surface area (Å²) < 4.78 is 2.14. The van der Waals surface area contributed by atoms with E-state index in [2.05, 4.69) is 14.9 Å². The summed E-state index contributed by atoms with van der Waals surface area (Å²) >= 11 is 5.84. The van der Waals surface area contributed by atoms with Crippen molar-refractivity contribution in [3.63, 3.8) is 0 Å². The van der Waals surface area contributed by atoms with Crippen molar-refractivity contribution in [2.24, 2.45) is 7.05 Å². The number of rotatable bonds is 4. The Kier molecular flexibility index (Phi) is 4.48. The van der Waals surface area contributed by atoms with E-state index in [-0.39, 0.29) is 5.91 Å². The van der Waals surface area contributed by atoms with Crippen LogP contribution in [0.3, 0.4) is 0 Å². The lowest BCUT2D eigenvalue weighted by Gasteiger charge is -2.11. The number of aromatic nitrogens is 2. The standard InChI is InChI=1S/C17H20ClN3O/c1-21-15-5-3-2-4-14(15)20-16(21)11-19-17(22)10-12-6-8-13(18)9-7-12/h6-9H,2-5,10-11H2,1H3,(H,19,22). The second kappa shape index (κ2) is 6.53. The number of halogens is 1. The summed E-state index contributed by atoms with van der Waals surface area (Å²) in [4.78, 5) is 16.7. The number of hydrogen-bond acceptors (Lipinski definition) is 2. The average Bonchev–Trinajstić information content (AvgIpc) is 2.84. The maximum Gasteiger partial charge on any atom is 0.224 e. The van der Waals surface area contributed by atoms with Gasteiger partial charge in [0, 0.05) is 17.8 Å². The number of carbonyl (C=O) groups is 1. The van der Waals surface area contributed by atoms with Crippen LogP contribution >= 0.6 is 11.6 Å². The van der Waals surface area contributed by atoms with Gasteiger partial charge in [-0.05, 0) is 43.4 Å². The van der Waals surface area contributed by atoms with E-state index in [1.807, 2.05) is 19.2 Å². The van der Waals surface area contributed by atoms with Crippen LogP contribution in [0.5, 0.6) is 0 Å². The van der Waals surface area contributed by atoms with Crippen LogP contribution in [0, 0.1) is 0 Å². The molecule has 4 nitrogen and oxygen atoms in total. The Balaban J connectivity index is 1.59. The molecule has 1 N–H and O–H groups in total. The number of benzene rings is 1. The lowest BCUT2D eigenvalue weighted by Crippen LogP contribution is -2.26. The van der Waals surface area contributed by atoms with E-state index in [1.165, 1.54) is 24.2 Å². The Bertz CT molecular complexity index is 676. The maximum absolute atomic E-state index is 12.0. The largest absolute Gasteiger partial charge is 0.349 e. The van der Waals surface area contributed by atoms with Crippen LogP contribution in [0.4, 0.5) is 0 Å². The third-order valence-corrected chi connectivity index (χ3v) is 4.44. The fourth-order valence-electron chi connectivity index (χ4n) is 2.93. The van der Waals surface area contributed by atoms with E-state index in [9.17, 15) is 4.79 Å². The van der Waals surface area contributed by atoms with Crippen molar-refractivity contribution < 1.29 is 4.79 Å². The maximum atomic E-state index is 12.0. The second-order valence-corrected chi connectivity index (χ2v) is 6.20. The molecular weight excluding hydrogens is 298 g/mol. The van der Waals surface area contributed by atoms with Gasteiger partial charge in [0.05, 0.1) is 18.7 Å². The van der Waals surface area contributed by atoms with E-state index in [4.69, 9.17) is 11.6 Å². The van der Waals surface area contributed by atoms with Crippen molar-refractivity contribution in [3.05, 3.63) is 52.1 Å². The van der Waals surface area contributed by atoms with Gasteiger partial charge in [0.2, 0.25) is 5.91 Å². The first-order valence-electron chi connectivity index (χ1n) is 7.68. The monoisotopic (exact) mass is 317 g/mol. The Morgan fingerprint density at radius 2 is 2.00 bits per heavy atom. The first-order chi connectivity index (χ1) is 10.6. The van der Waals surface area contributed by atoms with Crippen LogP contribution in [0.1, 0.15) is 35.6 Å². The Labute approximate surface area is 135 Å². The summed E-state index contributed by atoms with van der Waals surface area (Å²) in [6.45, 7) is 0.482. The number of carbonyl (C=O) groups excluding carboxylic acids is 1. The summed E-state index contributed by atoms with van der Waals surface area (Å²) in [6.07, 6.45) is 4.96. The highest BCUT2D eigenvalue weighted by Gasteiger charge is 2.17. The SMILES string of the molecule is Cn1c(CNC(=O)Cc2ccc(Cl)cc2)nc2c1CCCC2. The van der Waals surface area contributed by atoms with Gasteiger partial charge in [-0.1, -0.05) is 23.7 Å². The van der Waals surface area contributed by atoms with Crippen LogP contribution in [-0.4, -0.2) is 15.5 Å². The molecule has 1 aromatic heterocycles. The number of imidazole rings is 1. The average molecular weight is 318 g/mol. The molecule has 0 spiro atoms. The topological polar surface area (TPSA) is 46.9 Å². The molecule has 2 aromatic rings. The molecule has 1 heterocycles. The molecule has 3 rings (SSSR count). The number of hydrogen-bond donors (Lipinski definition) is 1. The lowest BCUT2D eigenvalue weighted by molar-refractivity contribution is -0.120. The van der Waals surface area contributed by atoms with Gasteiger partial charge in [-0.15, -0.1) is 0 Å². The molecule has 0 atom stereocenters. The minimum atomic E-state index is 0.00305. The third-order valence-electron chi connectivity index (χ3n) is 4.19. The number of aryl methyl sites for hydroxylation is 1. The minimum absolute atomic E-state index is 0.00305. The molecule has 0 saturated heterocycles. The number of nitrogens with one attached hydrogen (secondary N) is 1. The van der Waals surface area contributed by atoms with Crippen molar-refractivity contribution >= 4 is 17.5 Å². The molecule has 0 saturated carbocycles. The predicted molar refractivity (Wildman–Crippen MR) is 86.9 cm³/mol. The summed E-state index contributed by atoms with van der Waals surface area (Å²) in [7, 11) is 2.04. The molecule has 1 aromatic carbocycles. The molecule has 0 unspecified atom stereocenters. The Morgan fingerprint density at radius 1 is 1.27 bits per heavy atom. The van der Waals surface area contributed by atoms with Crippen molar-refractivity contribution in [1.82, 2.24) is 14.9 Å². The smallest absolute Gasteiger partial charge is 0.224 e. The highest BCUT2D eigenvalue weighted by Crippen LogP contribution is 2.21. The number of amides is 1. The molecule has 0 aliphatic heterocycles. The molecule has 5 heteroatoms. The van der Waals surface area contributed by atoms with Crippen LogP contribution in [-0.2, 0) is 37.6 Å². The Morgan fingerprint density at radius 3 is 2.73 bits per heavy atom. The highest BCUT2D eigenvalue weighted by atomic mass is 35.5. The van der Waals surface area contributed by atoms with Gasteiger partial charge in [0.1, 0.15) is 5.82 Å². The van der Waals surface area contributed by atoms with E-state index in [0.29, 0.717) is 18.0 Å². The van der Waals surface area contributed by atoms with Gasteiger partial charge in [-0.2, -0.15) is 0 Å². The predicted octanol–water partition coefficient (Wildman–Crippen LogP) is 2.81. The molecule has 1 aliphatic carbocycles. The van der Waals surface area contributed by atoms with Crippen LogP contribution in [0.25, 0.3) is 0 Å². The van der Waals surface area contributed by atoms with Crippen LogP contribution < -0.4 is 5.32 Å².